The molecule has 0 bridgehead atoms. The van der Waals surface area contributed by atoms with E-state index in [1.807, 2.05) is 6.92 Å². The Balaban J connectivity index is 4.70. The van der Waals surface area contributed by atoms with E-state index >= 15 is 0 Å². The van der Waals surface area contributed by atoms with Gasteiger partial charge in [-0.3, -0.25) is 0 Å². The van der Waals surface area contributed by atoms with E-state index < -0.39 is 17.5 Å². The van der Waals surface area contributed by atoms with Gasteiger partial charge in [0.1, 0.15) is 5.60 Å². The van der Waals surface area contributed by atoms with Crippen LogP contribution < -0.4 is 0 Å². The molecule has 0 aromatic heterocycles. The van der Waals surface area contributed by atoms with Crippen LogP contribution >= 0.6 is 0 Å². The van der Waals surface area contributed by atoms with Gasteiger partial charge in [-0.15, -0.1) is 25.2 Å². The van der Waals surface area contributed by atoms with E-state index in [-0.39, 0.29) is 12.5 Å². The quantitative estimate of drug-likeness (QED) is 0.570. The van der Waals surface area contributed by atoms with Gasteiger partial charge in [0.05, 0.1) is 6.61 Å². The first kappa shape index (κ1) is 16.6. The van der Waals surface area contributed by atoms with Crippen LogP contribution in [0.3, 0.4) is 0 Å². The fraction of sp³-hybridized carbons (Fsp3) is 0.600. The van der Waals surface area contributed by atoms with Gasteiger partial charge in [-0.1, -0.05) is 11.8 Å². The summed E-state index contributed by atoms with van der Waals surface area (Å²) in [6.45, 7) is 6.77. The van der Waals surface area contributed by atoms with Crippen LogP contribution in [0.5, 0.6) is 0 Å². The second-order valence-electron chi connectivity index (χ2n) is 4.76. The molecule has 18 heavy (non-hydrogen) atoms. The number of rotatable bonds is 6. The van der Waals surface area contributed by atoms with Gasteiger partial charge in [0, 0.05) is 5.92 Å². The van der Waals surface area contributed by atoms with Crippen molar-refractivity contribution < 1.29 is 14.6 Å². The zero-order valence-corrected chi connectivity index (χ0v) is 11.4. The van der Waals surface area contributed by atoms with Crippen molar-refractivity contribution in [2.75, 3.05) is 6.61 Å². The fourth-order valence-electron chi connectivity index (χ4n) is 1.25. The number of ether oxygens (including phenoxy) is 2. The molecule has 0 amide bonds. The smallest absolute Gasteiger partial charge is 0.202 e. The van der Waals surface area contributed by atoms with Crippen LogP contribution in [0.15, 0.2) is 0 Å². The van der Waals surface area contributed by atoms with E-state index in [0.29, 0.717) is 0 Å². The van der Waals surface area contributed by atoms with Crippen LogP contribution in [0.2, 0.25) is 0 Å². The van der Waals surface area contributed by atoms with Crippen LogP contribution in [0.4, 0.5) is 0 Å². The van der Waals surface area contributed by atoms with Crippen molar-refractivity contribution in [3.63, 3.8) is 0 Å². The summed E-state index contributed by atoms with van der Waals surface area (Å²) in [4.78, 5) is 0. The third-order valence-corrected chi connectivity index (χ3v) is 2.24. The molecule has 0 aromatic rings. The molecule has 3 unspecified atom stereocenters. The fourth-order valence-corrected chi connectivity index (χ4v) is 1.25. The Morgan fingerprint density at radius 1 is 1.17 bits per heavy atom. The molecule has 0 aliphatic heterocycles. The predicted molar refractivity (Wildman–Crippen MR) is 71.2 cm³/mol. The first-order valence-electron chi connectivity index (χ1n) is 5.62. The predicted octanol–water partition coefficient (Wildman–Crippen LogP) is 1.41. The Kier molecular flexibility index (Phi) is 5.96. The molecule has 1 N–H and O–H groups in total. The first-order valence-corrected chi connectivity index (χ1v) is 5.62. The average molecular weight is 248 g/mol. The van der Waals surface area contributed by atoms with Crippen LogP contribution in [-0.2, 0) is 9.47 Å². The van der Waals surface area contributed by atoms with Crippen LogP contribution in [0.25, 0.3) is 0 Å². The molecule has 0 saturated carbocycles. The third kappa shape index (κ3) is 5.26. The molecule has 0 aromatic carbocycles. The summed E-state index contributed by atoms with van der Waals surface area (Å²) in [5.74, 6) is 5.47. The number of hydrogen-bond acceptors (Lipinski definition) is 3. The van der Waals surface area contributed by atoms with Gasteiger partial charge in [-0.25, -0.2) is 0 Å². The van der Waals surface area contributed by atoms with Crippen molar-refractivity contribution in [3.8, 4) is 37.0 Å². The molecule has 0 aliphatic carbocycles. The molecule has 0 saturated heterocycles. The summed E-state index contributed by atoms with van der Waals surface area (Å²) in [6, 6.07) is 0. The lowest BCUT2D eigenvalue weighted by Crippen LogP contribution is -2.48. The van der Waals surface area contributed by atoms with Gasteiger partial charge in [0.25, 0.3) is 0 Å². The molecule has 0 heterocycles. The molecule has 0 radical (unpaired) electrons. The molecule has 0 spiro atoms. The third-order valence-electron chi connectivity index (χ3n) is 2.24. The molecule has 3 heteroatoms. The van der Waals surface area contributed by atoms with E-state index in [1.165, 1.54) is 6.92 Å². The maximum Gasteiger partial charge on any atom is 0.202 e. The standard InChI is InChI=1S/C15H20O3/c1-8-12(4)11-17-13(9-2)15(7,16)18-14(5,6)10-3/h1-3,12-13,16H,11H2,4-7H3. The first-order chi connectivity index (χ1) is 8.18. The lowest BCUT2D eigenvalue weighted by molar-refractivity contribution is -0.272. The molecular weight excluding hydrogens is 228 g/mol. The van der Waals surface area contributed by atoms with Crippen molar-refractivity contribution in [3.05, 3.63) is 0 Å². The van der Waals surface area contributed by atoms with Crippen molar-refractivity contribution >= 4 is 0 Å². The van der Waals surface area contributed by atoms with Crippen molar-refractivity contribution in [1.82, 2.24) is 0 Å². The van der Waals surface area contributed by atoms with Crippen LogP contribution in [-0.4, -0.2) is 29.2 Å². The largest absolute Gasteiger partial charge is 0.363 e. The highest BCUT2D eigenvalue weighted by molar-refractivity contribution is 5.07. The van der Waals surface area contributed by atoms with E-state index in [4.69, 9.17) is 28.7 Å². The molecular formula is C15H20O3. The Morgan fingerprint density at radius 3 is 2.11 bits per heavy atom. The van der Waals surface area contributed by atoms with Crippen molar-refractivity contribution in [2.24, 2.45) is 5.92 Å². The highest BCUT2D eigenvalue weighted by atomic mass is 16.7. The Bertz CT molecular complexity index is 387. The second-order valence-corrected chi connectivity index (χ2v) is 4.76. The van der Waals surface area contributed by atoms with E-state index in [1.54, 1.807) is 13.8 Å². The van der Waals surface area contributed by atoms with Crippen molar-refractivity contribution in [2.45, 2.75) is 45.2 Å². The van der Waals surface area contributed by atoms with Gasteiger partial charge < -0.3 is 14.6 Å². The van der Waals surface area contributed by atoms with Crippen molar-refractivity contribution in [1.29, 1.82) is 0 Å². The van der Waals surface area contributed by atoms with Crippen LogP contribution in [0.1, 0.15) is 27.7 Å². The number of hydrogen-bond donors (Lipinski definition) is 1. The number of aliphatic hydroxyl groups is 1. The summed E-state index contributed by atoms with van der Waals surface area (Å²) < 4.78 is 10.8. The SMILES string of the molecule is C#CC(C)COC(C#C)C(C)(O)OC(C)(C)C#C. The Morgan fingerprint density at radius 2 is 1.72 bits per heavy atom. The monoisotopic (exact) mass is 248 g/mol. The summed E-state index contributed by atoms with van der Waals surface area (Å²) in [7, 11) is 0. The normalized spacial score (nSPS) is 17.7. The van der Waals surface area contributed by atoms with Gasteiger partial charge in [-0.05, 0) is 27.7 Å². The maximum absolute atomic E-state index is 10.2. The lowest BCUT2D eigenvalue weighted by Gasteiger charge is -2.35. The number of terminal acetylenes is 3. The molecule has 98 valence electrons. The zero-order valence-electron chi connectivity index (χ0n) is 11.4. The lowest BCUT2D eigenvalue weighted by atomic mass is 10.1. The van der Waals surface area contributed by atoms with Crippen LogP contribution in [0, 0.1) is 42.9 Å². The molecule has 0 aliphatic rings. The van der Waals surface area contributed by atoms with E-state index in [0.717, 1.165) is 0 Å². The van der Waals surface area contributed by atoms with Gasteiger partial charge >= 0.3 is 0 Å². The van der Waals surface area contributed by atoms with E-state index in [2.05, 4.69) is 17.8 Å². The topological polar surface area (TPSA) is 38.7 Å². The van der Waals surface area contributed by atoms with E-state index in [9.17, 15) is 5.11 Å². The maximum atomic E-state index is 10.2. The highest BCUT2D eigenvalue weighted by Crippen LogP contribution is 2.23. The Hall–Kier alpha value is -1.44. The van der Waals surface area contributed by atoms with Gasteiger partial charge in [0.2, 0.25) is 5.79 Å². The molecule has 3 atom stereocenters. The minimum atomic E-state index is -1.68. The molecule has 0 fully saturated rings. The Labute approximate surface area is 110 Å². The molecule has 0 rings (SSSR count). The summed E-state index contributed by atoms with van der Waals surface area (Å²) in [6.07, 6.45) is 14.9. The average Bonchev–Trinajstić information content (AvgIpc) is 2.27. The summed E-state index contributed by atoms with van der Waals surface area (Å²) in [5.41, 5.74) is -0.945. The van der Waals surface area contributed by atoms with Gasteiger partial charge in [-0.2, -0.15) is 0 Å². The summed E-state index contributed by atoms with van der Waals surface area (Å²) >= 11 is 0. The highest BCUT2D eigenvalue weighted by Gasteiger charge is 2.37. The second kappa shape index (κ2) is 6.48. The zero-order chi connectivity index (χ0) is 14.4. The minimum absolute atomic E-state index is 0.0997. The molecule has 3 nitrogen and oxygen atoms in total. The van der Waals surface area contributed by atoms with Gasteiger partial charge in [0.15, 0.2) is 6.10 Å². The minimum Gasteiger partial charge on any atom is -0.363 e. The summed E-state index contributed by atoms with van der Waals surface area (Å²) in [5, 5.41) is 10.2.